The van der Waals surface area contributed by atoms with Gasteiger partial charge in [0, 0.05) is 24.9 Å². The van der Waals surface area contributed by atoms with Crippen LogP contribution in [0, 0.1) is 0 Å². The van der Waals surface area contributed by atoms with Crippen molar-refractivity contribution in [3.63, 3.8) is 0 Å². The van der Waals surface area contributed by atoms with Crippen molar-refractivity contribution in [2.24, 2.45) is 4.99 Å². The lowest BCUT2D eigenvalue weighted by Crippen LogP contribution is -2.36. The molecule has 0 aliphatic rings. The summed E-state index contributed by atoms with van der Waals surface area (Å²) >= 11 is 0. The quantitative estimate of drug-likeness (QED) is 0.418. The van der Waals surface area contributed by atoms with E-state index in [0.29, 0.717) is 19.0 Å². The van der Waals surface area contributed by atoms with Gasteiger partial charge in [-0.3, -0.25) is 9.39 Å². The predicted octanol–water partition coefficient (Wildman–Crippen LogP) is 2.25. The van der Waals surface area contributed by atoms with E-state index >= 15 is 0 Å². The molecular weight excluding hydrogens is 342 g/mol. The summed E-state index contributed by atoms with van der Waals surface area (Å²) in [5, 5.41) is 18.9. The minimum atomic E-state index is 0.497. The lowest BCUT2D eigenvalue weighted by molar-refractivity contribution is 0.422. The fraction of sp³-hybridized carbons (Fsp3) is 0.158. The molecule has 3 aromatic heterocycles. The van der Waals surface area contributed by atoms with E-state index in [1.165, 1.54) is 0 Å². The van der Waals surface area contributed by atoms with Gasteiger partial charge in [-0.1, -0.05) is 41.6 Å². The highest BCUT2D eigenvalue weighted by molar-refractivity contribution is 5.79. The average Bonchev–Trinajstić information content (AvgIpc) is 3.36. The van der Waals surface area contributed by atoms with Crippen LogP contribution < -0.4 is 10.6 Å². The Balaban J connectivity index is 1.35. The molecule has 0 fully saturated rings. The van der Waals surface area contributed by atoms with Crippen molar-refractivity contribution < 1.29 is 4.52 Å². The van der Waals surface area contributed by atoms with Crippen LogP contribution >= 0.6 is 0 Å². The molecule has 8 heteroatoms. The fourth-order valence-corrected chi connectivity index (χ4v) is 2.70. The van der Waals surface area contributed by atoms with Crippen LogP contribution in [0.2, 0.25) is 0 Å². The topological polar surface area (TPSA) is 92.6 Å². The van der Waals surface area contributed by atoms with E-state index in [9.17, 15) is 0 Å². The van der Waals surface area contributed by atoms with Gasteiger partial charge >= 0.3 is 0 Å². The van der Waals surface area contributed by atoms with Crippen molar-refractivity contribution in [1.82, 2.24) is 30.4 Å². The molecule has 4 rings (SSSR count). The maximum atomic E-state index is 5.41. The largest absolute Gasteiger partial charge is 0.356 e. The Labute approximate surface area is 155 Å². The SMILES string of the molecule is CN=C(NCc1cc(-c2ccccc2)on1)NCc1nnc2ccccn12. The van der Waals surface area contributed by atoms with E-state index in [0.717, 1.165) is 28.5 Å². The molecule has 136 valence electrons. The van der Waals surface area contributed by atoms with Crippen LogP contribution in [0.1, 0.15) is 11.5 Å². The molecule has 8 nitrogen and oxygen atoms in total. The van der Waals surface area contributed by atoms with Crippen molar-refractivity contribution in [3.05, 3.63) is 72.3 Å². The molecule has 3 heterocycles. The summed E-state index contributed by atoms with van der Waals surface area (Å²) in [5.41, 5.74) is 2.61. The second kappa shape index (κ2) is 7.69. The number of aliphatic imine (C=N–C) groups is 1. The molecule has 4 aromatic rings. The maximum absolute atomic E-state index is 5.41. The fourth-order valence-electron chi connectivity index (χ4n) is 2.70. The van der Waals surface area contributed by atoms with Gasteiger partial charge in [-0.15, -0.1) is 10.2 Å². The minimum Gasteiger partial charge on any atom is -0.356 e. The number of fused-ring (bicyclic) bond motifs is 1. The molecule has 0 aliphatic heterocycles. The van der Waals surface area contributed by atoms with E-state index < -0.39 is 0 Å². The lowest BCUT2D eigenvalue weighted by atomic mass is 10.2. The van der Waals surface area contributed by atoms with Gasteiger partial charge in [0.2, 0.25) is 0 Å². The lowest BCUT2D eigenvalue weighted by Gasteiger charge is -2.09. The number of nitrogens with one attached hydrogen (secondary N) is 2. The van der Waals surface area contributed by atoms with E-state index in [1.54, 1.807) is 7.05 Å². The molecule has 2 N–H and O–H groups in total. The van der Waals surface area contributed by atoms with E-state index in [4.69, 9.17) is 4.52 Å². The molecule has 0 saturated carbocycles. The number of nitrogens with zero attached hydrogens (tertiary/aromatic N) is 5. The van der Waals surface area contributed by atoms with Crippen LogP contribution in [-0.4, -0.2) is 32.8 Å². The first-order valence-corrected chi connectivity index (χ1v) is 8.57. The Bertz CT molecular complexity index is 1050. The summed E-state index contributed by atoms with van der Waals surface area (Å²) in [6, 6.07) is 17.6. The number of aromatic nitrogens is 4. The summed E-state index contributed by atoms with van der Waals surface area (Å²) in [6.45, 7) is 0.996. The number of hydrogen-bond acceptors (Lipinski definition) is 5. The van der Waals surface area contributed by atoms with Crippen LogP contribution in [0.5, 0.6) is 0 Å². The summed E-state index contributed by atoms with van der Waals surface area (Å²) in [4.78, 5) is 4.23. The maximum Gasteiger partial charge on any atom is 0.191 e. The Morgan fingerprint density at radius 3 is 2.70 bits per heavy atom. The van der Waals surface area contributed by atoms with Gasteiger partial charge in [0.05, 0.1) is 13.1 Å². The van der Waals surface area contributed by atoms with Crippen molar-refractivity contribution in [2.75, 3.05) is 7.05 Å². The number of benzene rings is 1. The second-order valence-corrected chi connectivity index (χ2v) is 5.87. The highest BCUT2D eigenvalue weighted by Gasteiger charge is 2.08. The average molecular weight is 361 g/mol. The van der Waals surface area contributed by atoms with Crippen LogP contribution in [0.25, 0.3) is 17.0 Å². The third kappa shape index (κ3) is 3.79. The summed E-state index contributed by atoms with van der Waals surface area (Å²) < 4.78 is 7.35. The smallest absolute Gasteiger partial charge is 0.191 e. The van der Waals surface area contributed by atoms with Crippen molar-refractivity contribution in [1.29, 1.82) is 0 Å². The summed E-state index contributed by atoms with van der Waals surface area (Å²) in [6.07, 6.45) is 1.93. The van der Waals surface area contributed by atoms with Gasteiger partial charge < -0.3 is 15.2 Å². The number of hydrogen-bond donors (Lipinski definition) is 2. The minimum absolute atomic E-state index is 0.497. The first kappa shape index (κ1) is 16.8. The molecule has 1 aromatic carbocycles. The molecule has 0 spiro atoms. The molecule has 0 amide bonds. The second-order valence-electron chi connectivity index (χ2n) is 5.87. The highest BCUT2D eigenvalue weighted by Crippen LogP contribution is 2.19. The Morgan fingerprint density at radius 2 is 1.85 bits per heavy atom. The van der Waals surface area contributed by atoms with E-state index in [-0.39, 0.29) is 0 Å². The molecular formula is C19H19N7O. The van der Waals surface area contributed by atoms with E-state index in [1.807, 2.05) is 65.2 Å². The summed E-state index contributed by atoms with van der Waals surface area (Å²) in [5.74, 6) is 2.19. The molecule has 0 aliphatic carbocycles. The molecule has 0 unspecified atom stereocenters. The molecule has 0 radical (unpaired) electrons. The number of rotatable bonds is 5. The number of guanidine groups is 1. The molecule has 27 heavy (non-hydrogen) atoms. The van der Waals surface area contributed by atoms with E-state index in [2.05, 4.69) is 31.0 Å². The van der Waals surface area contributed by atoms with Crippen LogP contribution in [0.3, 0.4) is 0 Å². The first-order valence-electron chi connectivity index (χ1n) is 8.57. The first-order chi connectivity index (χ1) is 13.3. The Kier molecular flexibility index (Phi) is 4.78. The third-order valence-corrected chi connectivity index (χ3v) is 4.08. The molecule has 0 atom stereocenters. The Hall–Kier alpha value is -3.68. The molecule has 0 bridgehead atoms. The zero-order valence-electron chi connectivity index (χ0n) is 14.8. The third-order valence-electron chi connectivity index (χ3n) is 4.08. The van der Waals surface area contributed by atoms with Gasteiger partial charge in [0.1, 0.15) is 5.69 Å². The normalized spacial score (nSPS) is 11.7. The monoisotopic (exact) mass is 361 g/mol. The zero-order valence-corrected chi connectivity index (χ0v) is 14.8. The van der Waals surface area contributed by atoms with Gasteiger partial charge in [0.15, 0.2) is 23.2 Å². The van der Waals surface area contributed by atoms with Gasteiger partial charge in [-0.05, 0) is 12.1 Å². The van der Waals surface area contributed by atoms with Gasteiger partial charge in [-0.25, -0.2) is 0 Å². The molecule has 0 saturated heterocycles. The van der Waals surface area contributed by atoms with Gasteiger partial charge in [0.25, 0.3) is 0 Å². The van der Waals surface area contributed by atoms with Crippen molar-refractivity contribution >= 4 is 11.6 Å². The highest BCUT2D eigenvalue weighted by atomic mass is 16.5. The predicted molar refractivity (Wildman–Crippen MR) is 102 cm³/mol. The zero-order chi connectivity index (χ0) is 18.5. The van der Waals surface area contributed by atoms with Gasteiger partial charge in [-0.2, -0.15) is 0 Å². The van der Waals surface area contributed by atoms with Crippen LogP contribution in [-0.2, 0) is 13.1 Å². The summed E-state index contributed by atoms with van der Waals surface area (Å²) in [7, 11) is 1.72. The standard InChI is InChI=1S/C19H19N7O/c1-20-19(22-13-18-24-23-17-9-5-6-10-26(17)18)21-12-15-11-16(27-25-15)14-7-3-2-4-8-14/h2-11H,12-13H2,1H3,(H2,20,21,22). The van der Waals surface area contributed by atoms with Crippen LogP contribution in [0.15, 0.2) is 70.3 Å². The number of pyridine rings is 1. The Morgan fingerprint density at radius 1 is 1.04 bits per heavy atom. The van der Waals surface area contributed by atoms with Crippen molar-refractivity contribution in [2.45, 2.75) is 13.1 Å². The van der Waals surface area contributed by atoms with Crippen molar-refractivity contribution in [3.8, 4) is 11.3 Å². The van der Waals surface area contributed by atoms with Crippen LogP contribution in [0.4, 0.5) is 0 Å².